The molecule has 2 nitrogen and oxygen atoms in total. The van der Waals surface area contributed by atoms with Gasteiger partial charge in [-0.1, -0.05) is 38.8 Å². The summed E-state index contributed by atoms with van der Waals surface area (Å²) in [4.78, 5) is 3.29. The summed E-state index contributed by atoms with van der Waals surface area (Å²) in [7, 11) is 0. The molecule has 102 valence electrons. The topological polar surface area (TPSA) is 27.8 Å². The normalized spacial score (nSPS) is 22.7. The van der Waals surface area contributed by atoms with Crippen molar-refractivity contribution >= 4 is 10.9 Å². The average Bonchev–Trinajstić information content (AvgIpc) is 2.84. The van der Waals surface area contributed by atoms with Gasteiger partial charge in [-0.3, -0.25) is 0 Å². The van der Waals surface area contributed by atoms with Crippen molar-refractivity contribution in [2.45, 2.75) is 52.1 Å². The number of benzene rings is 1. The van der Waals surface area contributed by atoms with Gasteiger partial charge in [0.1, 0.15) is 0 Å². The van der Waals surface area contributed by atoms with Crippen LogP contribution in [0.4, 0.5) is 0 Å². The zero-order valence-electron chi connectivity index (χ0n) is 12.0. The van der Waals surface area contributed by atoms with Crippen LogP contribution in [0, 0.1) is 5.41 Å². The molecule has 0 bridgehead atoms. The number of aromatic nitrogens is 1. The van der Waals surface area contributed by atoms with E-state index < -0.39 is 0 Å². The highest BCUT2D eigenvalue weighted by Crippen LogP contribution is 2.35. The van der Waals surface area contributed by atoms with Gasteiger partial charge in [0.25, 0.3) is 0 Å². The quantitative estimate of drug-likeness (QED) is 0.845. The molecule has 0 amide bonds. The van der Waals surface area contributed by atoms with E-state index >= 15 is 0 Å². The Bertz CT molecular complexity index is 553. The first-order valence-electron chi connectivity index (χ1n) is 7.44. The van der Waals surface area contributed by atoms with Gasteiger partial charge >= 0.3 is 0 Å². The summed E-state index contributed by atoms with van der Waals surface area (Å²) in [6.07, 6.45) is 7.43. The van der Waals surface area contributed by atoms with Crippen LogP contribution in [0.5, 0.6) is 0 Å². The van der Waals surface area contributed by atoms with Crippen LogP contribution in [-0.4, -0.2) is 11.0 Å². The lowest BCUT2D eigenvalue weighted by atomic mass is 9.73. The molecule has 1 fully saturated rings. The van der Waals surface area contributed by atoms with E-state index in [4.69, 9.17) is 0 Å². The second-order valence-electron chi connectivity index (χ2n) is 6.57. The molecule has 0 saturated heterocycles. The predicted molar refractivity (Wildman–Crippen MR) is 81.2 cm³/mol. The number of hydrogen-bond donors (Lipinski definition) is 2. The van der Waals surface area contributed by atoms with Crippen LogP contribution in [0.1, 0.15) is 45.1 Å². The minimum atomic E-state index is 0.439. The predicted octanol–water partition coefficient (Wildman–Crippen LogP) is 4.23. The van der Waals surface area contributed by atoms with Crippen molar-refractivity contribution in [2.24, 2.45) is 5.41 Å². The molecule has 1 saturated carbocycles. The molecule has 19 heavy (non-hydrogen) atoms. The Hall–Kier alpha value is -1.28. The van der Waals surface area contributed by atoms with Gasteiger partial charge in [-0.05, 0) is 41.3 Å². The SMILES string of the molecule is CC1(C)CCCCC1NCc1ccc2cc[nH]c2c1. The van der Waals surface area contributed by atoms with Crippen LogP contribution < -0.4 is 5.32 Å². The van der Waals surface area contributed by atoms with E-state index in [-0.39, 0.29) is 0 Å². The molecule has 1 aliphatic carbocycles. The van der Waals surface area contributed by atoms with E-state index in [1.54, 1.807) is 0 Å². The molecule has 0 aliphatic heterocycles. The fraction of sp³-hybridized carbons (Fsp3) is 0.529. The zero-order chi connectivity index (χ0) is 13.3. The van der Waals surface area contributed by atoms with Crippen LogP contribution in [0.15, 0.2) is 30.5 Å². The zero-order valence-corrected chi connectivity index (χ0v) is 12.0. The summed E-state index contributed by atoms with van der Waals surface area (Å²) < 4.78 is 0. The molecule has 2 aromatic rings. The standard InChI is InChI=1S/C17H24N2/c1-17(2)9-4-3-5-16(17)19-12-13-6-7-14-8-10-18-15(14)11-13/h6-8,10-11,16,18-19H,3-5,9,12H2,1-2H3. The van der Waals surface area contributed by atoms with Crippen molar-refractivity contribution in [1.29, 1.82) is 0 Å². The molecule has 1 aliphatic rings. The Labute approximate surface area is 115 Å². The highest BCUT2D eigenvalue weighted by atomic mass is 14.9. The molecule has 1 aromatic carbocycles. The summed E-state index contributed by atoms with van der Waals surface area (Å²) >= 11 is 0. The third kappa shape index (κ3) is 2.69. The van der Waals surface area contributed by atoms with Crippen molar-refractivity contribution in [2.75, 3.05) is 0 Å². The van der Waals surface area contributed by atoms with Crippen molar-refractivity contribution in [3.63, 3.8) is 0 Å². The molecule has 1 unspecified atom stereocenters. The van der Waals surface area contributed by atoms with Gasteiger partial charge in [0, 0.05) is 24.3 Å². The number of fused-ring (bicyclic) bond motifs is 1. The second kappa shape index (κ2) is 5.01. The minimum absolute atomic E-state index is 0.439. The molecule has 1 atom stereocenters. The molecule has 3 rings (SSSR count). The number of hydrogen-bond acceptors (Lipinski definition) is 1. The van der Waals surface area contributed by atoms with Gasteiger partial charge in [0.05, 0.1) is 0 Å². The first kappa shape index (κ1) is 12.7. The Balaban J connectivity index is 1.67. The molecule has 0 spiro atoms. The van der Waals surface area contributed by atoms with Gasteiger partial charge in [0.15, 0.2) is 0 Å². The number of nitrogens with one attached hydrogen (secondary N) is 2. The highest BCUT2D eigenvalue weighted by molar-refractivity contribution is 5.79. The van der Waals surface area contributed by atoms with Gasteiger partial charge < -0.3 is 10.3 Å². The molecule has 1 aromatic heterocycles. The lowest BCUT2D eigenvalue weighted by Gasteiger charge is -2.39. The fourth-order valence-corrected chi connectivity index (χ4v) is 3.32. The Kier molecular flexibility index (Phi) is 3.36. The second-order valence-corrected chi connectivity index (χ2v) is 6.57. The van der Waals surface area contributed by atoms with Gasteiger partial charge in [-0.25, -0.2) is 0 Å². The maximum absolute atomic E-state index is 3.77. The third-order valence-electron chi connectivity index (χ3n) is 4.68. The summed E-state index contributed by atoms with van der Waals surface area (Å²) in [5.74, 6) is 0. The van der Waals surface area contributed by atoms with Crippen LogP contribution in [0.25, 0.3) is 10.9 Å². The minimum Gasteiger partial charge on any atom is -0.361 e. The van der Waals surface area contributed by atoms with E-state index in [9.17, 15) is 0 Å². The lowest BCUT2D eigenvalue weighted by molar-refractivity contribution is 0.167. The van der Waals surface area contributed by atoms with Crippen molar-refractivity contribution in [1.82, 2.24) is 10.3 Å². The van der Waals surface area contributed by atoms with Crippen molar-refractivity contribution < 1.29 is 0 Å². The van der Waals surface area contributed by atoms with E-state index in [2.05, 4.69) is 48.4 Å². The maximum Gasteiger partial charge on any atom is 0.0457 e. The third-order valence-corrected chi connectivity index (χ3v) is 4.68. The van der Waals surface area contributed by atoms with Crippen LogP contribution >= 0.6 is 0 Å². The summed E-state index contributed by atoms with van der Waals surface area (Å²) in [5.41, 5.74) is 3.05. The first-order valence-corrected chi connectivity index (χ1v) is 7.44. The van der Waals surface area contributed by atoms with E-state index in [0.29, 0.717) is 11.5 Å². The lowest BCUT2D eigenvalue weighted by Crippen LogP contribution is -2.43. The summed E-state index contributed by atoms with van der Waals surface area (Å²) in [6, 6.07) is 9.48. The van der Waals surface area contributed by atoms with Crippen molar-refractivity contribution in [3.05, 3.63) is 36.0 Å². The monoisotopic (exact) mass is 256 g/mol. The number of aromatic amines is 1. The molecule has 2 heteroatoms. The van der Waals surface area contributed by atoms with Gasteiger partial charge in [-0.15, -0.1) is 0 Å². The van der Waals surface area contributed by atoms with Gasteiger partial charge in [0.2, 0.25) is 0 Å². The highest BCUT2D eigenvalue weighted by Gasteiger charge is 2.31. The Morgan fingerprint density at radius 3 is 3.00 bits per heavy atom. The van der Waals surface area contributed by atoms with E-state index in [0.717, 1.165) is 6.54 Å². The van der Waals surface area contributed by atoms with Crippen molar-refractivity contribution in [3.8, 4) is 0 Å². The largest absolute Gasteiger partial charge is 0.361 e. The smallest absolute Gasteiger partial charge is 0.0457 e. The van der Waals surface area contributed by atoms with Crippen LogP contribution in [-0.2, 0) is 6.54 Å². The molecule has 0 radical (unpaired) electrons. The molecular weight excluding hydrogens is 232 g/mol. The number of H-pyrrole nitrogens is 1. The van der Waals surface area contributed by atoms with Crippen LogP contribution in [0.3, 0.4) is 0 Å². The molecular formula is C17H24N2. The first-order chi connectivity index (χ1) is 9.15. The Morgan fingerprint density at radius 2 is 2.16 bits per heavy atom. The molecule has 2 N–H and O–H groups in total. The van der Waals surface area contributed by atoms with Crippen LogP contribution in [0.2, 0.25) is 0 Å². The Morgan fingerprint density at radius 1 is 1.26 bits per heavy atom. The summed E-state index contributed by atoms with van der Waals surface area (Å²) in [6.45, 7) is 5.78. The maximum atomic E-state index is 3.77. The van der Waals surface area contributed by atoms with E-state index in [1.807, 2.05) is 6.20 Å². The van der Waals surface area contributed by atoms with E-state index in [1.165, 1.54) is 42.1 Å². The molecule has 1 heterocycles. The van der Waals surface area contributed by atoms with Gasteiger partial charge in [-0.2, -0.15) is 0 Å². The average molecular weight is 256 g/mol. The fourth-order valence-electron chi connectivity index (χ4n) is 3.32. The number of rotatable bonds is 3. The summed E-state index contributed by atoms with van der Waals surface area (Å²) in [5, 5.41) is 5.06.